The van der Waals surface area contributed by atoms with Crippen LogP contribution in [0.15, 0.2) is 134 Å². The molecule has 0 radical (unpaired) electrons. The van der Waals surface area contributed by atoms with Crippen LogP contribution in [0.1, 0.15) is 0 Å². The molecule has 7 aromatic rings. The van der Waals surface area contributed by atoms with Gasteiger partial charge in [0.15, 0.2) is 0 Å². The molecule has 6 aromatic heterocycles. The SMILES string of the molecule is c1ccc(-c2cc(-c3ccc(-c4nc(-c5ccccn5)c(-c5ccccn5)[nH]4)cc3)cc(-c3ccccn3)n2)nc1. The smallest absolute Gasteiger partial charge is 0.138 e. The molecular weight excluding hydrogens is 506 g/mol. The number of aromatic nitrogens is 7. The molecule has 41 heavy (non-hydrogen) atoms. The fraction of sp³-hybridized carbons (Fsp3) is 0. The van der Waals surface area contributed by atoms with Gasteiger partial charge in [0.1, 0.15) is 11.5 Å². The number of H-pyrrole nitrogens is 1. The van der Waals surface area contributed by atoms with Crippen molar-refractivity contribution in [1.29, 1.82) is 0 Å². The number of hydrogen-bond donors (Lipinski definition) is 1. The Morgan fingerprint density at radius 2 is 0.878 bits per heavy atom. The van der Waals surface area contributed by atoms with Gasteiger partial charge in [-0.3, -0.25) is 19.9 Å². The molecule has 0 aliphatic heterocycles. The molecular formula is C34H23N7. The first kappa shape index (κ1) is 24.2. The van der Waals surface area contributed by atoms with Crippen molar-refractivity contribution >= 4 is 0 Å². The maximum absolute atomic E-state index is 4.95. The molecule has 0 unspecified atom stereocenters. The molecule has 7 heteroatoms. The largest absolute Gasteiger partial charge is 0.336 e. The summed E-state index contributed by atoms with van der Waals surface area (Å²) in [4.78, 5) is 31.5. The minimum Gasteiger partial charge on any atom is -0.336 e. The van der Waals surface area contributed by atoms with E-state index in [2.05, 4.69) is 61.3 Å². The standard InChI is InChI=1S/C34H23N7/c1-5-17-35-26(9-1)30-21-25(22-31(39-30)27-10-2-6-18-36-27)23-13-15-24(16-14-23)34-40-32(28-11-3-7-19-37-28)33(41-34)29-12-4-8-20-38-29/h1-22H,(H,40,41). The molecule has 0 fully saturated rings. The van der Waals surface area contributed by atoms with Crippen LogP contribution in [0.3, 0.4) is 0 Å². The van der Waals surface area contributed by atoms with E-state index in [4.69, 9.17) is 9.97 Å². The molecule has 1 N–H and O–H groups in total. The van der Waals surface area contributed by atoms with Crippen LogP contribution in [0, 0.1) is 0 Å². The van der Waals surface area contributed by atoms with E-state index in [1.165, 1.54) is 0 Å². The number of benzene rings is 1. The second-order valence-corrected chi connectivity index (χ2v) is 9.37. The van der Waals surface area contributed by atoms with Crippen molar-refractivity contribution in [3.8, 4) is 68.1 Å². The third kappa shape index (κ3) is 4.99. The fourth-order valence-electron chi connectivity index (χ4n) is 4.70. The van der Waals surface area contributed by atoms with Crippen molar-refractivity contribution in [1.82, 2.24) is 34.9 Å². The Kier molecular flexibility index (Phi) is 6.35. The summed E-state index contributed by atoms with van der Waals surface area (Å²) in [5.41, 5.74) is 9.41. The Balaban J connectivity index is 1.29. The molecule has 0 aliphatic carbocycles. The average molecular weight is 530 g/mol. The van der Waals surface area contributed by atoms with E-state index >= 15 is 0 Å². The van der Waals surface area contributed by atoms with Gasteiger partial charge in [-0.15, -0.1) is 0 Å². The van der Waals surface area contributed by atoms with Gasteiger partial charge in [-0.1, -0.05) is 48.5 Å². The second-order valence-electron chi connectivity index (χ2n) is 9.37. The highest BCUT2D eigenvalue weighted by molar-refractivity contribution is 5.79. The van der Waals surface area contributed by atoms with Crippen molar-refractivity contribution in [2.45, 2.75) is 0 Å². The first-order chi connectivity index (χ1) is 20.3. The zero-order valence-corrected chi connectivity index (χ0v) is 21.9. The van der Waals surface area contributed by atoms with Gasteiger partial charge in [-0.05, 0) is 71.8 Å². The first-order valence-electron chi connectivity index (χ1n) is 13.2. The third-order valence-electron chi connectivity index (χ3n) is 6.70. The maximum atomic E-state index is 4.95. The zero-order chi connectivity index (χ0) is 27.4. The fourth-order valence-corrected chi connectivity index (χ4v) is 4.70. The van der Waals surface area contributed by atoms with Crippen molar-refractivity contribution in [3.63, 3.8) is 0 Å². The number of imidazole rings is 1. The number of nitrogens with one attached hydrogen (secondary N) is 1. The summed E-state index contributed by atoms with van der Waals surface area (Å²) in [6.45, 7) is 0. The summed E-state index contributed by atoms with van der Waals surface area (Å²) in [6.07, 6.45) is 7.11. The summed E-state index contributed by atoms with van der Waals surface area (Å²) >= 11 is 0. The minimum absolute atomic E-state index is 0.746. The number of pyridine rings is 5. The molecule has 7 nitrogen and oxygen atoms in total. The molecule has 1 aromatic carbocycles. The lowest BCUT2D eigenvalue weighted by Crippen LogP contribution is -1.94. The van der Waals surface area contributed by atoms with Crippen molar-refractivity contribution in [2.24, 2.45) is 0 Å². The Labute approximate surface area is 236 Å². The molecule has 0 aliphatic rings. The predicted molar refractivity (Wildman–Crippen MR) is 160 cm³/mol. The number of rotatable bonds is 6. The van der Waals surface area contributed by atoms with Crippen LogP contribution >= 0.6 is 0 Å². The topological polar surface area (TPSA) is 93.1 Å². The van der Waals surface area contributed by atoms with E-state index in [0.29, 0.717) is 0 Å². The molecule has 194 valence electrons. The summed E-state index contributed by atoms with van der Waals surface area (Å²) in [7, 11) is 0. The Bertz CT molecular complexity index is 1790. The lowest BCUT2D eigenvalue weighted by atomic mass is 10.0. The second kappa shape index (κ2) is 10.7. The van der Waals surface area contributed by atoms with E-state index in [1.54, 1.807) is 24.8 Å². The third-order valence-corrected chi connectivity index (χ3v) is 6.70. The first-order valence-corrected chi connectivity index (χ1v) is 13.2. The molecule has 0 amide bonds. The summed E-state index contributed by atoms with van der Waals surface area (Å²) in [5.74, 6) is 0.746. The maximum Gasteiger partial charge on any atom is 0.138 e. The number of nitrogens with zero attached hydrogens (tertiary/aromatic N) is 6. The van der Waals surface area contributed by atoms with Crippen LogP contribution < -0.4 is 0 Å². The Hall–Kier alpha value is -5.82. The van der Waals surface area contributed by atoms with Crippen molar-refractivity contribution in [2.75, 3.05) is 0 Å². The van der Waals surface area contributed by atoms with Crippen LogP contribution in [0.2, 0.25) is 0 Å². The van der Waals surface area contributed by atoms with E-state index in [0.717, 1.165) is 68.1 Å². The molecule has 6 heterocycles. The van der Waals surface area contributed by atoms with Gasteiger partial charge in [-0.25, -0.2) is 9.97 Å². The van der Waals surface area contributed by atoms with Crippen LogP contribution in [0.4, 0.5) is 0 Å². The highest BCUT2D eigenvalue weighted by Crippen LogP contribution is 2.33. The number of aromatic amines is 1. The van der Waals surface area contributed by atoms with Crippen LogP contribution in [-0.2, 0) is 0 Å². The highest BCUT2D eigenvalue weighted by Gasteiger charge is 2.17. The van der Waals surface area contributed by atoms with E-state index in [1.807, 2.05) is 72.8 Å². The zero-order valence-electron chi connectivity index (χ0n) is 21.9. The summed E-state index contributed by atoms with van der Waals surface area (Å²) < 4.78 is 0. The van der Waals surface area contributed by atoms with Crippen molar-refractivity contribution < 1.29 is 0 Å². The van der Waals surface area contributed by atoms with Crippen molar-refractivity contribution in [3.05, 3.63) is 134 Å². The molecule has 0 spiro atoms. The van der Waals surface area contributed by atoms with Gasteiger partial charge < -0.3 is 4.98 Å². The van der Waals surface area contributed by atoms with Crippen LogP contribution in [-0.4, -0.2) is 34.9 Å². The molecule has 0 atom stereocenters. The normalized spacial score (nSPS) is 10.9. The van der Waals surface area contributed by atoms with E-state index < -0.39 is 0 Å². The quantitative estimate of drug-likeness (QED) is 0.241. The van der Waals surface area contributed by atoms with Crippen LogP contribution in [0.5, 0.6) is 0 Å². The highest BCUT2D eigenvalue weighted by atomic mass is 15.0. The van der Waals surface area contributed by atoms with Gasteiger partial charge >= 0.3 is 0 Å². The van der Waals surface area contributed by atoms with Gasteiger partial charge in [0.05, 0.1) is 39.9 Å². The van der Waals surface area contributed by atoms with Gasteiger partial charge in [0.25, 0.3) is 0 Å². The average Bonchev–Trinajstić information content (AvgIpc) is 3.52. The van der Waals surface area contributed by atoms with Crippen LogP contribution in [0.25, 0.3) is 68.1 Å². The monoisotopic (exact) mass is 529 g/mol. The summed E-state index contributed by atoms with van der Waals surface area (Å²) in [5, 5.41) is 0. The van der Waals surface area contributed by atoms with Gasteiger partial charge in [-0.2, -0.15) is 0 Å². The molecule has 0 saturated carbocycles. The van der Waals surface area contributed by atoms with E-state index in [-0.39, 0.29) is 0 Å². The molecule has 0 bridgehead atoms. The predicted octanol–water partition coefficient (Wildman–Crippen LogP) is 7.39. The number of hydrogen-bond acceptors (Lipinski definition) is 6. The van der Waals surface area contributed by atoms with E-state index in [9.17, 15) is 0 Å². The lowest BCUT2D eigenvalue weighted by Gasteiger charge is -2.10. The minimum atomic E-state index is 0.746. The van der Waals surface area contributed by atoms with Gasteiger partial charge in [0.2, 0.25) is 0 Å². The lowest BCUT2D eigenvalue weighted by molar-refractivity contribution is 1.22. The van der Waals surface area contributed by atoms with Gasteiger partial charge in [0, 0.05) is 30.4 Å². The molecule has 0 saturated heterocycles. The molecule has 7 rings (SSSR count). The summed E-state index contributed by atoms with van der Waals surface area (Å²) in [6, 6.07) is 35.8. The Morgan fingerprint density at radius 3 is 1.39 bits per heavy atom. The Morgan fingerprint density at radius 1 is 0.390 bits per heavy atom.